The number of piperazine rings is 1. The average molecular weight is 276 g/mol. The van der Waals surface area contributed by atoms with Crippen LogP contribution in [0.1, 0.15) is 30.6 Å². The van der Waals surface area contributed by atoms with Gasteiger partial charge < -0.3 is 15.0 Å². The molecule has 110 valence electrons. The highest BCUT2D eigenvalue weighted by molar-refractivity contribution is 5.94. The fourth-order valence-electron chi connectivity index (χ4n) is 2.16. The molecule has 4 heteroatoms. The molecule has 0 radical (unpaired) electrons. The summed E-state index contributed by atoms with van der Waals surface area (Å²) in [4.78, 5) is 14.2. The minimum atomic E-state index is 0.111. The third-order valence-corrected chi connectivity index (χ3v) is 3.47. The lowest BCUT2D eigenvalue weighted by molar-refractivity contribution is 0.0736. The number of carbonyl (C=O) groups is 1. The van der Waals surface area contributed by atoms with Crippen molar-refractivity contribution >= 4 is 5.91 Å². The summed E-state index contributed by atoms with van der Waals surface area (Å²) in [5.41, 5.74) is 0.739. The first-order chi connectivity index (χ1) is 9.66. The zero-order valence-corrected chi connectivity index (χ0v) is 12.4. The summed E-state index contributed by atoms with van der Waals surface area (Å²) in [6.45, 7) is 8.40. The molecule has 1 fully saturated rings. The van der Waals surface area contributed by atoms with E-state index in [0.29, 0.717) is 5.92 Å². The molecule has 0 aromatic heterocycles. The van der Waals surface area contributed by atoms with E-state index in [-0.39, 0.29) is 5.91 Å². The molecule has 0 saturated carbocycles. The minimum absolute atomic E-state index is 0.111. The second-order valence-electron chi connectivity index (χ2n) is 5.60. The normalized spacial score (nSPS) is 15.4. The second-order valence-corrected chi connectivity index (χ2v) is 5.60. The second kappa shape index (κ2) is 7.29. The number of benzene rings is 1. The molecule has 0 unspecified atom stereocenters. The summed E-state index contributed by atoms with van der Waals surface area (Å²) in [5, 5.41) is 3.25. The van der Waals surface area contributed by atoms with Gasteiger partial charge in [-0.3, -0.25) is 4.79 Å². The number of rotatable bonds is 5. The summed E-state index contributed by atoms with van der Waals surface area (Å²) in [6, 6.07) is 7.48. The van der Waals surface area contributed by atoms with Crippen LogP contribution in [0.3, 0.4) is 0 Å². The van der Waals surface area contributed by atoms with E-state index in [0.717, 1.165) is 50.5 Å². The van der Waals surface area contributed by atoms with Gasteiger partial charge >= 0.3 is 0 Å². The fraction of sp³-hybridized carbons (Fsp3) is 0.562. The summed E-state index contributed by atoms with van der Waals surface area (Å²) >= 11 is 0. The first-order valence-corrected chi connectivity index (χ1v) is 7.39. The Labute approximate surface area is 121 Å². The van der Waals surface area contributed by atoms with E-state index in [2.05, 4.69) is 19.2 Å². The number of carbonyl (C=O) groups excluding carboxylic acids is 1. The van der Waals surface area contributed by atoms with Crippen LogP contribution in [0.2, 0.25) is 0 Å². The van der Waals surface area contributed by atoms with Gasteiger partial charge in [0.15, 0.2) is 0 Å². The van der Waals surface area contributed by atoms with Crippen molar-refractivity contribution in [3.63, 3.8) is 0 Å². The molecule has 1 aliphatic heterocycles. The Kier molecular flexibility index (Phi) is 5.41. The third-order valence-electron chi connectivity index (χ3n) is 3.47. The van der Waals surface area contributed by atoms with Gasteiger partial charge in [-0.15, -0.1) is 0 Å². The lowest BCUT2D eigenvalue weighted by Gasteiger charge is -2.27. The molecule has 4 nitrogen and oxygen atoms in total. The predicted octanol–water partition coefficient (Wildman–Crippen LogP) is 2.16. The van der Waals surface area contributed by atoms with E-state index in [9.17, 15) is 4.79 Å². The molecule has 1 aliphatic rings. The Bertz CT molecular complexity index is 423. The Morgan fingerprint density at radius 3 is 2.50 bits per heavy atom. The molecule has 1 heterocycles. The lowest BCUT2D eigenvalue weighted by Crippen LogP contribution is -2.46. The van der Waals surface area contributed by atoms with Crippen LogP contribution in [0.15, 0.2) is 24.3 Å². The van der Waals surface area contributed by atoms with Gasteiger partial charge in [0.1, 0.15) is 5.75 Å². The maximum Gasteiger partial charge on any atom is 0.253 e. The molecule has 1 N–H and O–H groups in total. The van der Waals surface area contributed by atoms with Gasteiger partial charge in [-0.25, -0.2) is 0 Å². The Balaban J connectivity index is 1.88. The van der Waals surface area contributed by atoms with E-state index in [4.69, 9.17) is 4.74 Å². The monoisotopic (exact) mass is 276 g/mol. The molecular weight excluding hydrogens is 252 g/mol. The molecule has 1 amide bonds. The summed E-state index contributed by atoms with van der Waals surface area (Å²) in [6.07, 6.45) is 1.04. The maximum absolute atomic E-state index is 12.3. The third kappa shape index (κ3) is 4.23. The molecule has 2 rings (SSSR count). The summed E-state index contributed by atoms with van der Waals surface area (Å²) in [7, 11) is 0. The maximum atomic E-state index is 12.3. The molecule has 0 spiro atoms. The Hall–Kier alpha value is -1.55. The summed E-state index contributed by atoms with van der Waals surface area (Å²) in [5.74, 6) is 1.59. The Morgan fingerprint density at radius 2 is 1.90 bits per heavy atom. The van der Waals surface area contributed by atoms with Gasteiger partial charge in [0.2, 0.25) is 0 Å². The van der Waals surface area contributed by atoms with Crippen LogP contribution in [0.25, 0.3) is 0 Å². The van der Waals surface area contributed by atoms with Crippen molar-refractivity contribution in [3.05, 3.63) is 29.8 Å². The van der Waals surface area contributed by atoms with Crippen molar-refractivity contribution in [2.45, 2.75) is 20.3 Å². The number of nitrogens with zero attached hydrogens (tertiary/aromatic N) is 1. The highest BCUT2D eigenvalue weighted by Gasteiger charge is 2.17. The van der Waals surface area contributed by atoms with E-state index < -0.39 is 0 Å². The van der Waals surface area contributed by atoms with E-state index >= 15 is 0 Å². The minimum Gasteiger partial charge on any atom is -0.494 e. The van der Waals surface area contributed by atoms with Gasteiger partial charge in [0, 0.05) is 31.7 Å². The molecule has 0 atom stereocenters. The van der Waals surface area contributed by atoms with Gasteiger partial charge in [-0.2, -0.15) is 0 Å². The van der Waals surface area contributed by atoms with Crippen LogP contribution >= 0.6 is 0 Å². The molecule has 1 saturated heterocycles. The predicted molar refractivity (Wildman–Crippen MR) is 80.2 cm³/mol. The highest BCUT2D eigenvalue weighted by atomic mass is 16.5. The number of nitrogens with one attached hydrogen (secondary N) is 1. The molecule has 0 bridgehead atoms. The topological polar surface area (TPSA) is 41.6 Å². The van der Waals surface area contributed by atoms with Crippen LogP contribution in [-0.2, 0) is 0 Å². The first kappa shape index (κ1) is 14.9. The van der Waals surface area contributed by atoms with E-state index in [1.54, 1.807) is 0 Å². The van der Waals surface area contributed by atoms with Gasteiger partial charge in [0.05, 0.1) is 6.61 Å². The molecular formula is C16H24N2O2. The first-order valence-electron chi connectivity index (χ1n) is 7.39. The smallest absolute Gasteiger partial charge is 0.253 e. The van der Waals surface area contributed by atoms with Crippen LogP contribution in [0.5, 0.6) is 5.75 Å². The molecule has 20 heavy (non-hydrogen) atoms. The van der Waals surface area contributed by atoms with E-state index in [1.807, 2.05) is 29.2 Å². The van der Waals surface area contributed by atoms with Crippen LogP contribution in [-0.4, -0.2) is 43.6 Å². The lowest BCUT2D eigenvalue weighted by atomic mass is 10.1. The number of ether oxygens (including phenoxy) is 1. The van der Waals surface area contributed by atoms with Crippen molar-refractivity contribution in [3.8, 4) is 5.75 Å². The largest absolute Gasteiger partial charge is 0.494 e. The van der Waals surface area contributed by atoms with Crippen LogP contribution in [0, 0.1) is 5.92 Å². The standard InChI is InChI=1S/C16H24N2O2/c1-13(2)7-12-20-15-5-3-14(4-6-15)16(19)18-10-8-17-9-11-18/h3-6,13,17H,7-12H2,1-2H3. The molecule has 0 aliphatic carbocycles. The average Bonchev–Trinajstić information content (AvgIpc) is 2.48. The highest BCUT2D eigenvalue weighted by Crippen LogP contribution is 2.15. The van der Waals surface area contributed by atoms with Crippen molar-refractivity contribution < 1.29 is 9.53 Å². The van der Waals surface area contributed by atoms with Gasteiger partial charge in [0.25, 0.3) is 5.91 Å². The fourth-order valence-corrected chi connectivity index (χ4v) is 2.16. The van der Waals surface area contributed by atoms with Gasteiger partial charge in [-0.05, 0) is 36.6 Å². The van der Waals surface area contributed by atoms with Crippen molar-refractivity contribution in [1.82, 2.24) is 10.2 Å². The molecule has 1 aromatic carbocycles. The van der Waals surface area contributed by atoms with Crippen molar-refractivity contribution in [2.75, 3.05) is 32.8 Å². The number of amides is 1. The van der Waals surface area contributed by atoms with Crippen molar-refractivity contribution in [2.24, 2.45) is 5.92 Å². The van der Waals surface area contributed by atoms with Gasteiger partial charge in [-0.1, -0.05) is 13.8 Å². The number of hydrogen-bond acceptors (Lipinski definition) is 3. The quantitative estimate of drug-likeness (QED) is 0.896. The summed E-state index contributed by atoms with van der Waals surface area (Å²) < 4.78 is 5.66. The number of hydrogen-bond donors (Lipinski definition) is 1. The SMILES string of the molecule is CC(C)CCOc1ccc(C(=O)N2CCNCC2)cc1. The molecule has 1 aromatic rings. The Morgan fingerprint density at radius 1 is 1.25 bits per heavy atom. The van der Waals surface area contributed by atoms with Crippen molar-refractivity contribution in [1.29, 1.82) is 0 Å². The van der Waals surface area contributed by atoms with Crippen LogP contribution < -0.4 is 10.1 Å². The zero-order valence-electron chi connectivity index (χ0n) is 12.4. The zero-order chi connectivity index (χ0) is 14.4. The van der Waals surface area contributed by atoms with E-state index in [1.165, 1.54) is 0 Å². The van der Waals surface area contributed by atoms with Crippen LogP contribution in [0.4, 0.5) is 0 Å².